The highest BCUT2D eigenvalue weighted by Gasteiger charge is 2.30. The van der Waals surface area contributed by atoms with Crippen LogP contribution in [0.25, 0.3) is 16.4 Å². The maximum atomic E-state index is 13.6. The molecule has 4 rings (SSSR count). The van der Waals surface area contributed by atoms with Gasteiger partial charge in [0.2, 0.25) is 5.78 Å². The second-order valence-corrected chi connectivity index (χ2v) is 7.48. The fourth-order valence-corrected chi connectivity index (χ4v) is 3.79. The number of carbonyl (C=O) groups is 3. The van der Waals surface area contributed by atoms with Crippen molar-refractivity contribution in [2.45, 2.75) is 0 Å². The maximum Gasteiger partial charge on any atom is 0.341 e. The number of aromatic nitrogens is 1. The number of methoxy groups -OCH3 is 2. The van der Waals surface area contributed by atoms with Gasteiger partial charge in [0.05, 0.1) is 25.3 Å². The highest BCUT2D eigenvalue weighted by atomic mass is 79.9. The van der Waals surface area contributed by atoms with E-state index >= 15 is 0 Å². The van der Waals surface area contributed by atoms with Crippen molar-refractivity contribution in [1.82, 2.24) is 4.40 Å². The van der Waals surface area contributed by atoms with Crippen LogP contribution in [-0.4, -0.2) is 36.3 Å². The van der Waals surface area contributed by atoms with Gasteiger partial charge in [0.1, 0.15) is 11.3 Å². The van der Waals surface area contributed by atoms with E-state index in [1.54, 1.807) is 28.7 Å². The van der Waals surface area contributed by atoms with Crippen molar-refractivity contribution in [3.63, 3.8) is 0 Å². The molecule has 0 radical (unpaired) electrons. The van der Waals surface area contributed by atoms with Gasteiger partial charge in [0.25, 0.3) is 0 Å². The van der Waals surface area contributed by atoms with Crippen LogP contribution < -0.4 is 0 Å². The monoisotopic (exact) mass is 465 g/mol. The fourth-order valence-electron chi connectivity index (χ4n) is 3.52. The Morgan fingerprint density at radius 2 is 1.53 bits per heavy atom. The normalized spacial score (nSPS) is 10.9. The summed E-state index contributed by atoms with van der Waals surface area (Å²) in [5.41, 5.74) is 1.57. The van der Waals surface area contributed by atoms with Gasteiger partial charge in [-0.15, -0.1) is 0 Å². The van der Waals surface area contributed by atoms with Gasteiger partial charge in [0, 0.05) is 20.9 Å². The summed E-state index contributed by atoms with van der Waals surface area (Å²) in [7, 11) is 2.42. The summed E-state index contributed by atoms with van der Waals surface area (Å²) in [6.45, 7) is 0. The summed E-state index contributed by atoms with van der Waals surface area (Å²) in [6.07, 6.45) is 0. The number of fused-ring (bicyclic) bond motifs is 3. The average molecular weight is 466 g/mol. The zero-order chi connectivity index (χ0) is 21.4. The Kier molecular flexibility index (Phi) is 5.13. The Morgan fingerprint density at radius 1 is 0.867 bits per heavy atom. The first-order valence-corrected chi connectivity index (χ1v) is 9.79. The number of rotatable bonds is 4. The molecule has 0 spiro atoms. The molecule has 7 heteroatoms. The molecule has 0 atom stereocenters. The third-order valence-corrected chi connectivity index (χ3v) is 5.41. The summed E-state index contributed by atoms with van der Waals surface area (Å²) < 4.78 is 12.3. The van der Waals surface area contributed by atoms with E-state index < -0.39 is 17.7 Å². The minimum atomic E-state index is -0.796. The molecule has 2 aromatic heterocycles. The smallest absolute Gasteiger partial charge is 0.341 e. The first kappa shape index (κ1) is 19.8. The van der Waals surface area contributed by atoms with E-state index in [-0.39, 0.29) is 16.8 Å². The Labute approximate surface area is 180 Å². The predicted molar refractivity (Wildman–Crippen MR) is 115 cm³/mol. The minimum absolute atomic E-state index is 0.0277. The van der Waals surface area contributed by atoms with Gasteiger partial charge in [0.15, 0.2) is 0 Å². The lowest BCUT2D eigenvalue weighted by Gasteiger charge is -2.15. The highest BCUT2D eigenvalue weighted by Crippen LogP contribution is 2.29. The fraction of sp³-hybridized carbons (Fsp3) is 0.0870. The third-order valence-electron chi connectivity index (χ3n) is 4.88. The number of benzene rings is 2. The van der Waals surface area contributed by atoms with Crippen LogP contribution in [0.3, 0.4) is 0 Å². The molecule has 0 fully saturated rings. The molecule has 0 amide bonds. The molecule has 0 aliphatic rings. The lowest BCUT2D eigenvalue weighted by molar-refractivity contribution is 0.0553. The number of hydrogen-bond acceptors (Lipinski definition) is 5. The SMILES string of the molecule is COC(=O)c1cc2cc3ccccc3n2c(C(=O)c2ccc(Br)cc2)c1C(=O)OC. The van der Waals surface area contributed by atoms with Crippen LogP contribution in [0.4, 0.5) is 0 Å². The van der Waals surface area contributed by atoms with E-state index in [0.29, 0.717) is 11.1 Å². The predicted octanol–water partition coefficient (Wildman–Crippen LogP) is 4.66. The van der Waals surface area contributed by atoms with Crippen LogP contribution in [-0.2, 0) is 9.47 Å². The number of ether oxygens (including phenoxy) is 2. The van der Waals surface area contributed by atoms with Crippen LogP contribution in [0.2, 0.25) is 0 Å². The van der Waals surface area contributed by atoms with E-state index in [0.717, 1.165) is 15.4 Å². The lowest BCUT2D eigenvalue weighted by Crippen LogP contribution is -2.21. The van der Waals surface area contributed by atoms with Crippen LogP contribution in [0.5, 0.6) is 0 Å². The molecule has 2 aromatic carbocycles. The molecule has 4 aromatic rings. The Bertz CT molecular complexity index is 1320. The van der Waals surface area contributed by atoms with Gasteiger partial charge in [-0.3, -0.25) is 4.79 Å². The van der Waals surface area contributed by atoms with E-state index in [1.807, 2.05) is 30.3 Å². The largest absolute Gasteiger partial charge is 0.465 e. The molecule has 0 saturated heterocycles. The van der Waals surface area contributed by atoms with Gasteiger partial charge in [-0.2, -0.15) is 0 Å². The lowest BCUT2D eigenvalue weighted by atomic mass is 9.98. The minimum Gasteiger partial charge on any atom is -0.465 e. The molecule has 0 unspecified atom stereocenters. The van der Waals surface area contributed by atoms with Crippen molar-refractivity contribution in [3.05, 3.63) is 87.5 Å². The van der Waals surface area contributed by atoms with Crippen LogP contribution in [0.15, 0.2) is 65.1 Å². The molecule has 0 aliphatic heterocycles. The topological polar surface area (TPSA) is 74.1 Å². The van der Waals surface area contributed by atoms with Crippen LogP contribution >= 0.6 is 15.9 Å². The summed E-state index contributed by atoms with van der Waals surface area (Å²) in [5.74, 6) is -1.94. The van der Waals surface area contributed by atoms with Gasteiger partial charge in [-0.1, -0.05) is 34.1 Å². The third kappa shape index (κ3) is 3.17. The van der Waals surface area contributed by atoms with E-state index in [4.69, 9.17) is 9.47 Å². The summed E-state index contributed by atoms with van der Waals surface area (Å²) in [4.78, 5) is 38.9. The van der Waals surface area contributed by atoms with Crippen LogP contribution in [0.1, 0.15) is 36.8 Å². The quantitative estimate of drug-likeness (QED) is 0.323. The number of esters is 2. The van der Waals surface area contributed by atoms with E-state index in [2.05, 4.69) is 15.9 Å². The molecule has 6 nitrogen and oxygen atoms in total. The standard InChI is InChI=1S/C23H16BrNO5/c1-29-22(27)17-12-16-11-14-5-3-4-6-18(14)25(16)20(19(17)23(28)30-2)21(26)13-7-9-15(24)10-8-13/h3-12H,1-2H3. The van der Waals surface area contributed by atoms with Crippen molar-refractivity contribution < 1.29 is 23.9 Å². The van der Waals surface area contributed by atoms with Crippen molar-refractivity contribution in [2.75, 3.05) is 14.2 Å². The first-order chi connectivity index (χ1) is 14.5. The molecule has 30 heavy (non-hydrogen) atoms. The zero-order valence-electron chi connectivity index (χ0n) is 16.1. The van der Waals surface area contributed by atoms with Crippen LogP contribution in [0, 0.1) is 0 Å². The molecule has 0 N–H and O–H groups in total. The molecular formula is C23H16BrNO5. The van der Waals surface area contributed by atoms with Gasteiger partial charge < -0.3 is 13.9 Å². The number of carbonyl (C=O) groups excluding carboxylic acids is 3. The molecule has 150 valence electrons. The summed E-state index contributed by atoms with van der Waals surface area (Å²) in [6, 6.07) is 17.6. The average Bonchev–Trinajstić information content (AvgIpc) is 3.15. The number of ketones is 1. The van der Waals surface area contributed by atoms with Gasteiger partial charge in [-0.05, 0) is 42.5 Å². The molecule has 0 saturated carbocycles. The van der Waals surface area contributed by atoms with E-state index in [1.165, 1.54) is 20.3 Å². The number of hydrogen-bond donors (Lipinski definition) is 0. The Hall–Kier alpha value is -3.45. The second-order valence-electron chi connectivity index (χ2n) is 6.56. The molecule has 2 heterocycles. The number of halogens is 1. The number of nitrogens with zero attached hydrogens (tertiary/aromatic N) is 1. The zero-order valence-corrected chi connectivity index (χ0v) is 17.7. The van der Waals surface area contributed by atoms with Crippen molar-refractivity contribution in [2.24, 2.45) is 0 Å². The Balaban J connectivity index is 2.17. The summed E-state index contributed by atoms with van der Waals surface area (Å²) in [5, 5.41) is 0.861. The molecular weight excluding hydrogens is 450 g/mol. The van der Waals surface area contributed by atoms with Crippen molar-refractivity contribution in [3.8, 4) is 0 Å². The highest BCUT2D eigenvalue weighted by molar-refractivity contribution is 9.10. The second kappa shape index (κ2) is 7.76. The van der Waals surface area contributed by atoms with E-state index in [9.17, 15) is 14.4 Å². The maximum absolute atomic E-state index is 13.6. The number of pyridine rings is 1. The Morgan fingerprint density at radius 3 is 2.20 bits per heavy atom. The van der Waals surface area contributed by atoms with Crippen molar-refractivity contribution >= 4 is 50.1 Å². The van der Waals surface area contributed by atoms with Crippen molar-refractivity contribution in [1.29, 1.82) is 0 Å². The molecule has 0 aliphatic carbocycles. The van der Waals surface area contributed by atoms with Gasteiger partial charge >= 0.3 is 11.9 Å². The number of para-hydroxylation sites is 1. The molecule has 0 bridgehead atoms. The first-order valence-electron chi connectivity index (χ1n) is 9.00. The summed E-state index contributed by atoms with van der Waals surface area (Å²) >= 11 is 3.35. The van der Waals surface area contributed by atoms with Gasteiger partial charge in [-0.25, -0.2) is 9.59 Å².